The standard InChI is InChI=1S/C18H15ClN2O3S/c1-25(23,24)16-6-3-12(4-7-16)17-8-14(19)10-21-18(17)13-2-5-15(11-22)20-9-13/h2-10,22H,11H2,1H3/i3D,4D,6D,7D. The molecule has 0 aliphatic rings. The van der Waals surface area contributed by atoms with Gasteiger partial charge in [-0.05, 0) is 35.8 Å². The Kier molecular flexibility index (Phi) is 3.59. The van der Waals surface area contributed by atoms with E-state index in [4.69, 9.17) is 22.2 Å². The summed E-state index contributed by atoms with van der Waals surface area (Å²) in [6.07, 6.45) is 3.64. The molecule has 0 aliphatic heterocycles. The van der Waals surface area contributed by atoms with Gasteiger partial charge in [-0.3, -0.25) is 9.97 Å². The molecule has 2 aromatic heterocycles. The maximum atomic E-state index is 12.0. The van der Waals surface area contributed by atoms with E-state index >= 15 is 0 Å². The van der Waals surface area contributed by atoms with Crippen LogP contribution in [0.15, 0.2) is 59.7 Å². The third-order valence-electron chi connectivity index (χ3n) is 3.36. The van der Waals surface area contributed by atoms with Crippen LogP contribution >= 0.6 is 11.6 Å². The van der Waals surface area contributed by atoms with Gasteiger partial charge < -0.3 is 5.11 Å². The summed E-state index contributed by atoms with van der Waals surface area (Å²) in [5.74, 6) is 0. The van der Waals surface area contributed by atoms with Crippen LogP contribution in [-0.4, -0.2) is 29.7 Å². The molecule has 7 heteroatoms. The second-order valence-corrected chi connectivity index (χ2v) is 7.61. The fraction of sp³-hybridized carbons (Fsp3) is 0.111. The number of aromatic nitrogens is 2. The summed E-state index contributed by atoms with van der Waals surface area (Å²) < 4.78 is 56.7. The zero-order valence-electron chi connectivity index (χ0n) is 17.0. The van der Waals surface area contributed by atoms with Crippen LogP contribution < -0.4 is 0 Å². The zero-order valence-corrected chi connectivity index (χ0v) is 14.6. The molecule has 0 radical (unpaired) electrons. The van der Waals surface area contributed by atoms with Gasteiger partial charge in [0.25, 0.3) is 0 Å². The van der Waals surface area contributed by atoms with Gasteiger partial charge in [-0.15, -0.1) is 0 Å². The Morgan fingerprint density at radius 3 is 2.40 bits per heavy atom. The summed E-state index contributed by atoms with van der Waals surface area (Å²) in [4.78, 5) is 7.67. The fourth-order valence-corrected chi connectivity index (χ4v) is 2.77. The van der Waals surface area contributed by atoms with Crippen molar-refractivity contribution in [3.8, 4) is 22.4 Å². The minimum absolute atomic E-state index is 0.122. The lowest BCUT2D eigenvalue weighted by molar-refractivity contribution is 0.277. The van der Waals surface area contributed by atoms with E-state index in [1.807, 2.05) is 0 Å². The first kappa shape index (κ1) is 13.0. The van der Waals surface area contributed by atoms with Crippen molar-refractivity contribution in [2.24, 2.45) is 0 Å². The van der Waals surface area contributed by atoms with E-state index in [1.165, 1.54) is 18.5 Å². The van der Waals surface area contributed by atoms with Gasteiger partial charge in [0.15, 0.2) is 9.84 Å². The van der Waals surface area contributed by atoms with Crippen LogP contribution in [-0.2, 0) is 16.4 Å². The predicted molar refractivity (Wildman–Crippen MR) is 96.9 cm³/mol. The third-order valence-corrected chi connectivity index (χ3v) is 4.51. The number of hydrogen-bond donors (Lipinski definition) is 1. The maximum Gasteiger partial charge on any atom is 0.175 e. The van der Waals surface area contributed by atoms with Crippen LogP contribution in [0.5, 0.6) is 0 Å². The van der Waals surface area contributed by atoms with Crippen LogP contribution in [0.1, 0.15) is 11.2 Å². The van der Waals surface area contributed by atoms with Crippen LogP contribution in [0.4, 0.5) is 0 Å². The first-order valence-electron chi connectivity index (χ1n) is 9.08. The van der Waals surface area contributed by atoms with Crippen LogP contribution in [0.3, 0.4) is 0 Å². The summed E-state index contributed by atoms with van der Waals surface area (Å²) in [5, 5.41) is 9.36. The molecule has 0 atom stereocenters. The number of hydrogen-bond acceptors (Lipinski definition) is 5. The topological polar surface area (TPSA) is 80.2 Å². The van der Waals surface area contributed by atoms with E-state index in [0.29, 0.717) is 17.0 Å². The number of nitrogens with zero attached hydrogens (tertiary/aromatic N) is 2. The van der Waals surface area contributed by atoms with E-state index in [2.05, 4.69) is 9.97 Å². The number of sulfone groups is 1. The lowest BCUT2D eigenvalue weighted by atomic mass is 10.0. The molecule has 0 unspecified atom stereocenters. The summed E-state index contributed by atoms with van der Waals surface area (Å²) in [7, 11) is -3.98. The highest BCUT2D eigenvalue weighted by atomic mass is 35.5. The van der Waals surface area contributed by atoms with Gasteiger partial charge >= 0.3 is 0 Å². The van der Waals surface area contributed by atoms with Crippen LogP contribution in [0.25, 0.3) is 22.4 Å². The van der Waals surface area contributed by atoms with Gasteiger partial charge in [0, 0.05) is 29.8 Å². The number of benzene rings is 1. The monoisotopic (exact) mass is 378 g/mol. The lowest BCUT2D eigenvalue weighted by Gasteiger charge is -2.10. The molecule has 0 amide bonds. The van der Waals surface area contributed by atoms with Gasteiger partial charge in [-0.25, -0.2) is 8.42 Å². The molecule has 2 heterocycles. The van der Waals surface area contributed by atoms with E-state index in [-0.39, 0.29) is 22.8 Å². The Morgan fingerprint density at radius 2 is 1.84 bits per heavy atom. The van der Waals surface area contributed by atoms with E-state index < -0.39 is 38.9 Å². The second kappa shape index (κ2) is 6.92. The molecule has 0 bridgehead atoms. The highest BCUT2D eigenvalue weighted by Gasteiger charge is 2.12. The molecule has 0 spiro atoms. The Labute approximate surface area is 156 Å². The molecule has 5 nitrogen and oxygen atoms in total. The molecule has 1 N–H and O–H groups in total. The number of halogens is 1. The number of aliphatic hydroxyl groups is 1. The van der Waals surface area contributed by atoms with Gasteiger partial charge in [0.05, 0.1) is 33.4 Å². The van der Waals surface area contributed by atoms with Gasteiger partial charge in [-0.2, -0.15) is 0 Å². The zero-order chi connectivity index (χ0) is 21.5. The van der Waals surface area contributed by atoms with Crippen molar-refractivity contribution in [3.63, 3.8) is 0 Å². The fourth-order valence-electron chi connectivity index (χ4n) is 2.14. The van der Waals surface area contributed by atoms with E-state index in [1.54, 1.807) is 12.1 Å². The number of pyridine rings is 2. The Balaban J connectivity index is 2.36. The minimum Gasteiger partial charge on any atom is -0.390 e. The second-order valence-electron chi connectivity index (χ2n) is 5.22. The van der Waals surface area contributed by atoms with Gasteiger partial charge in [-0.1, -0.05) is 23.7 Å². The highest BCUT2D eigenvalue weighted by Crippen LogP contribution is 2.32. The van der Waals surface area contributed by atoms with Crippen molar-refractivity contribution in [1.82, 2.24) is 9.97 Å². The molecular formula is C18H15ClN2O3S. The highest BCUT2D eigenvalue weighted by molar-refractivity contribution is 7.90. The Morgan fingerprint density at radius 1 is 1.12 bits per heavy atom. The van der Waals surface area contributed by atoms with Crippen molar-refractivity contribution in [3.05, 3.63) is 65.5 Å². The SMILES string of the molecule is [2H]c1c([2H])c(S(C)(=O)=O)c([2H])c([2H])c1-c1cc(Cl)cnc1-c1ccc(CO)nc1. The molecule has 0 saturated heterocycles. The third kappa shape index (κ3) is 3.87. The van der Waals surface area contributed by atoms with Crippen molar-refractivity contribution >= 4 is 21.4 Å². The van der Waals surface area contributed by atoms with Crippen molar-refractivity contribution in [2.45, 2.75) is 11.5 Å². The van der Waals surface area contributed by atoms with Crippen molar-refractivity contribution < 1.29 is 19.0 Å². The molecule has 0 saturated carbocycles. The average Bonchev–Trinajstić information content (AvgIpc) is 2.66. The lowest BCUT2D eigenvalue weighted by Crippen LogP contribution is -1.97. The smallest absolute Gasteiger partial charge is 0.175 e. The largest absolute Gasteiger partial charge is 0.390 e. The number of aliphatic hydroxyl groups excluding tert-OH is 1. The maximum absolute atomic E-state index is 12.0. The molecule has 3 aromatic rings. The minimum atomic E-state index is -3.98. The summed E-state index contributed by atoms with van der Waals surface area (Å²) >= 11 is 6.07. The Bertz CT molecular complexity index is 1190. The molecule has 128 valence electrons. The summed E-state index contributed by atoms with van der Waals surface area (Å²) in [6.45, 7) is -0.244. The first-order chi connectivity index (χ1) is 13.6. The van der Waals surface area contributed by atoms with Gasteiger partial charge in [0.1, 0.15) is 0 Å². The van der Waals surface area contributed by atoms with E-state index in [0.717, 1.165) is 6.26 Å². The molecule has 3 rings (SSSR count). The normalized spacial score (nSPS) is 13.7. The van der Waals surface area contributed by atoms with Crippen LogP contribution in [0, 0.1) is 0 Å². The van der Waals surface area contributed by atoms with Crippen molar-refractivity contribution in [2.75, 3.05) is 6.26 Å². The summed E-state index contributed by atoms with van der Waals surface area (Å²) in [6, 6.07) is 2.30. The molecule has 1 aromatic carbocycles. The van der Waals surface area contributed by atoms with E-state index in [9.17, 15) is 8.42 Å². The molecule has 25 heavy (non-hydrogen) atoms. The molecule has 0 aliphatic carbocycles. The van der Waals surface area contributed by atoms with Crippen LogP contribution in [0.2, 0.25) is 5.02 Å². The summed E-state index contributed by atoms with van der Waals surface area (Å²) in [5.41, 5.74) is 1.31. The average molecular weight is 379 g/mol. The first-order valence-corrected chi connectivity index (χ1v) is 9.35. The van der Waals surface area contributed by atoms with Crippen molar-refractivity contribution in [1.29, 1.82) is 0 Å². The Hall–Kier alpha value is -2.28. The quantitative estimate of drug-likeness (QED) is 0.752. The predicted octanol–water partition coefficient (Wildman–Crippen LogP) is 3.36. The molecule has 0 fully saturated rings. The number of rotatable bonds is 4. The van der Waals surface area contributed by atoms with Gasteiger partial charge in [0.2, 0.25) is 0 Å². The molecular weight excluding hydrogens is 360 g/mol.